The zero-order valence-electron chi connectivity index (χ0n) is 28.5. The smallest absolute Gasteiger partial charge is 0.331 e. The van der Waals surface area contributed by atoms with Crippen molar-refractivity contribution in [2.45, 2.75) is 100 Å². The summed E-state index contributed by atoms with van der Waals surface area (Å²) in [5.74, 6) is -3.03. The molecule has 0 amide bonds. The van der Waals surface area contributed by atoms with Crippen LogP contribution in [0.2, 0.25) is 0 Å². The van der Waals surface area contributed by atoms with Crippen molar-refractivity contribution in [1.82, 2.24) is 10.6 Å². The van der Waals surface area contributed by atoms with Gasteiger partial charge in [0.15, 0.2) is 0 Å². The molecular weight excluding hydrogens is 612 g/mol. The van der Waals surface area contributed by atoms with Crippen LogP contribution in [0.5, 0.6) is 0 Å². The largest absolute Gasteiger partial charge is 0.450 e. The molecule has 0 bridgehead atoms. The van der Waals surface area contributed by atoms with Gasteiger partial charge in [-0.1, -0.05) is 32.1 Å². The van der Waals surface area contributed by atoms with Crippen molar-refractivity contribution in [2.24, 2.45) is 58.2 Å². The minimum absolute atomic E-state index is 0.0751. The third-order valence-corrected chi connectivity index (χ3v) is 15.6. The van der Waals surface area contributed by atoms with E-state index in [0.717, 1.165) is 36.9 Å². The number of allylic oxidation sites excluding steroid dienone is 3. The minimum atomic E-state index is -2.12. The number of hydrogen-bond acceptors (Lipinski definition) is 10. The van der Waals surface area contributed by atoms with Crippen molar-refractivity contribution >= 4 is 12.3 Å². The maximum absolute atomic E-state index is 13.7. The fourth-order valence-electron chi connectivity index (χ4n) is 13.5. The number of rotatable bonds is 6. The fourth-order valence-corrected chi connectivity index (χ4v) is 13.5. The zero-order valence-corrected chi connectivity index (χ0v) is 28.5. The second-order valence-electron chi connectivity index (χ2n) is 17.2. The normalized spacial score (nSPS) is 54.7. The van der Waals surface area contributed by atoms with Crippen LogP contribution in [0.3, 0.4) is 0 Å². The van der Waals surface area contributed by atoms with Crippen LogP contribution in [-0.2, 0) is 14.3 Å². The highest BCUT2D eigenvalue weighted by Crippen LogP contribution is 2.76. The molecular formula is C38H54N2O8. The van der Waals surface area contributed by atoms with Crippen LogP contribution in [0.15, 0.2) is 35.5 Å². The number of esters is 1. The third kappa shape index (κ3) is 3.89. The van der Waals surface area contributed by atoms with Gasteiger partial charge in [0.05, 0.1) is 23.2 Å². The predicted octanol–water partition coefficient (Wildman–Crippen LogP) is 1.40. The summed E-state index contributed by atoms with van der Waals surface area (Å²) in [4.78, 5) is 26.5. The molecule has 0 spiro atoms. The number of carbonyl (C=O) groups excluding carboxylic acids is 2. The molecule has 1 heterocycles. The van der Waals surface area contributed by atoms with Gasteiger partial charge in [-0.2, -0.15) is 0 Å². The Balaban J connectivity index is 1.26. The Hall–Kier alpha value is -1.92. The summed E-state index contributed by atoms with van der Waals surface area (Å²) in [6, 6.07) is 0. The van der Waals surface area contributed by atoms with Gasteiger partial charge in [0, 0.05) is 48.9 Å². The first kappa shape index (κ1) is 33.2. The summed E-state index contributed by atoms with van der Waals surface area (Å²) >= 11 is 0. The van der Waals surface area contributed by atoms with Crippen LogP contribution >= 0.6 is 0 Å². The molecule has 0 aromatic rings. The van der Waals surface area contributed by atoms with E-state index in [1.54, 1.807) is 6.08 Å². The average Bonchev–Trinajstić information content (AvgIpc) is 3.49. The molecule has 7 N–H and O–H groups in total. The van der Waals surface area contributed by atoms with Crippen LogP contribution in [0, 0.1) is 58.2 Å². The molecule has 8 aliphatic rings. The zero-order chi connectivity index (χ0) is 34.0. The lowest BCUT2D eigenvalue weighted by molar-refractivity contribution is -0.373. The molecule has 7 aliphatic carbocycles. The van der Waals surface area contributed by atoms with E-state index in [1.165, 1.54) is 0 Å². The quantitative estimate of drug-likeness (QED) is 0.0953. The Morgan fingerprint density at radius 2 is 1.83 bits per heavy atom. The molecule has 0 saturated heterocycles. The van der Waals surface area contributed by atoms with Crippen molar-refractivity contribution in [3.05, 3.63) is 35.5 Å². The van der Waals surface area contributed by atoms with Gasteiger partial charge in [-0.15, -0.1) is 0 Å². The SMILES string of the molecule is CNCCNCC1=C[C@@H]2C[C@]3(O)[C@]4(O)[C@@H](O)[C@@H]5C[C@H]6[C@H](C)CC=C[C@@H]6C[C@H]6[C@@H](O)CC[C@](C=O)([C@H]4CC[C@]3(C)[C@H]2C2=CC(=O)O[C@@H]12)[C@@]65O. The van der Waals surface area contributed by atoms with Gasteiger partial charge < -0.3 is 45.7 Å². The van der Waals surface area contributed by atoms with Crippen LogP contribution < -0.4 is 10.6 Å². The maximum atomic E-state index is 13.7. The molecule has 0 unspecified atom stereocenters. The number of aldehydes is 1. The average molecular weight is 667 g/mol. The van der Waals surface area contributed by atoms with E-state index in [2.05, 4.69) is 35.8 Å². The summed E-state index contributed by atoms with van der Waals surface area (Å²) in [5, 5.41) is 70.8. The minimum Gasteiger partial charge on any atom is -0.450 e. The molecule has 48 heavy (non-hydrogen) atoms. The second kappa shape index (κ2) is 11.0. The highest BCUT2D eigenvalue weighted by Gasteiger charge is 2.84. The molecule has 264 valence electrons. The number of aliphatic hydroxyl groups is 5. The Bertz CT molecular complexity index is 1460. The van der Waals surface area contributed by atoms with Gasteiger partial charge in [-0.25, -0.2) is 4.79 Å². The van der Waals surface area contributed by atoms with Gasteiger partial charge in [-0.05, 0) is 99.1 Å². The molecule has 0 aromatic heterocycles. The molecule has 5 fully saturated rings. The number of carbonyl (C=O) groups is 2. The van der Waals surface area contributed by atoms with Gasteiger partial charge in [0.1, 0.15) is 23.6 Å². The van der Waals surface area contributed by atoms with Gasteiger partial charge in [0.25, 0.3) is 0 Å². The molecule has 10 nitrogen and oxygen atoms in total. The number of aliphatic hydroxyl groups excluding tert-OH is 2. The first-order valence-corrected chi connectivity index (χ1v) is 18.5. The first-order chi connectivity index (χ1) is 22.8. The molecule has 0 aromatic carbocycles. The molecule has 16 atom stereocenters. The van der Waals surface area contributed by atoms with Crippen LogP contribution in [0.1, 0.15) is 65.2 Å². The number of nitrogens with one attached hydrogen (secondary N) is 2. The van der Waals surface area contributed by atoms with Gasteiger partial charge in [0.2, 0.25) is 0 Å². The lowest BCUT2D eigenvalue weighted by Crippen LogP contribution is -2.85. The van der Waals surface area contributed by atoms with E-state index in [4.69, 9.17) is 4.74 Å². The highest BCUT2D eigenvalue weighted by atomic mass is 16.5. The van der Waals surface area contributed by atoms with Gasteiger partial charge >= 0.3 is 5.97 Å². The van der Waals surface area contributed by atoms with E-state index in [0.29, 0.717) is 38.6 Å². The Morgan fingerprint density at radius 3 is 2.58 bits per heavy atom. The first-order valence-electron chi connectivity index (χ1n) is 18.5. The van der Waals surface area contributed by atoms with E-state index >= 15 is 0 Å². The molecule has 10 heteroatoms. The number of hydrogen-bond donors (Lipinski definition) is 7. The Morgan fingerprint density at radius 1 is 1.04 bits per heavy atom. The van der Waals surface area contributed by atoms with E-state index < -0.39 is 69.7 Å². The lowest BCUT2D eigenvalue weighted by Gasteiger charge is -2.72. The second-order valence-corrected chi connectivity index (χ2v) is 17.2. The lowest BCUT2D eigenvalue weighted by atomic mass is 9.35. The van der Waals surface area contributed by atoms with Crippen LogP contribution in [0.25, 0.3) is 0 Å². The van der Waals surface area contributed by atoms with Crippen molar-refractivity contribution in [3.8, 4) is 0 Å². The topological polar surface area (TPSA) is 169 Å². The van der Waals surface area contributed by atoms with Crippen molar-refractivity contribution < 1.29 is 39.9 Å². The standard InChI is InChI=1S/C38H54N2O8/c1-20-5-4-6-21-14-26-28(42)7-10-35(19-41)29-8-9-34(2)31-22(13-23(18-40-12-11-39-3)32-25(31)16-30(43)48-32)17-36(34,45)38(29,47)33(44)27(15-24(20)21)37(26,35)46/h4,6,13,16,19-22,24,26-29,31-33,39-40,42,44-47H,5,7-12,14-15,17-18H2,1-3H3/t20-,21-,22-,24+,26+,27+,28+,29-,31-,32+,33+,34-,35+,36-,37-,38-/m1/s1. The van der Waals surface area contributed by atoms with Crippen molar-refractivity contribution in [2.75, 3.05) is 26.7 Å². The highest BCUT2D eigenvalue weighted by molar-refractivity contribution is 5.87. The number of ether oxygens (including phenoxy) is 1. The third-order valence-electron chi connectivity index (χ3n) is 15.6. The summed E-state index contributed by atoms with van der Waals surface area (Å²) in [6.45, 7) is 6.16. The van der Waals surface area contributed by atoms with Crippen molar-refractivity contribution in [1.29, 1.82) is 0 Å². The number of likely N-dealkylation sites (N-methyl/N-ethyl adjacent to an activating group) is 1. The monoisotopic (exact) mass is 666 g/mol. The summed E-state index contributed by atoms with van der Waals surface area (Å²) < 4.78 is 5.85. The predicted molar refractivity (Wildman–Crippen MR) is 176 cm³/mol. The van der Waals surface area contributed by atoms with E-state index in [1.807, 2.05) is 14.0 Å². The molecule has 1 aliphatic heterocycles. The fraction of sp³-hybridized carbons (Fsp3) is 0.789. The van der Waals surface area contributed by atoms with Crippen molar-refractivity contribution in [3.63, 3.8) is 0 Å². The molecule has 0 radical (unpaired) electrons. The molecule has 5 saturated carbocycles. The van der Waals surface area contributed by atoms with E-state index in [-0.39, 0.29) is 42.4 Å². The van der Waals surface area contributed by atoms with Crippen LogP contribution in [-0.4, -0.2) is 99.6 Å². The van der Waals surface area contributed by atoms with Gasteiger partial charge in [-0.3, -0.25) is 0 Å². The molecule has 8 rings (SSSR count). The van der Waals surface area contributed by atoms with Crippen LogP contribution in [0.4, 0.5) is 0 Å². The summed E-state index contributed by atoms with van der Waals surface area (Å²) in [5.41, 5.74) is -6.38. The Labute approximate surface area is 283 Å². The Kier molecular flexibility index (Phi) is 7.64. The summed E-state index contributed by atoms with van der Waals surface area (Å²) in [6.07, 6.45) is 9.08. The maximum Gasteiger partial charge on any atom is 0.331 e. The van der Waals surface area contributed by atoms with E-state index in [9.17, 15) is 35.1 Å². The summed E-state index contributed by atoms with van der Waals surface area (Å²) in [7, 11) is 1.89. The number of fused-ring (bicyclic) bond motifs is 9.